The number of benzene rings is 1. The molecule has 65 heavy (non-hydrogen) atoms. The predicted molar refractivity (Wildman–Crippen MR) is 290 cm³/mol. The van der Waals surface area contributed by atoms with Gasteiger partial charge in [-0.1, -0.05) is 264 Å². The topological polar surface area (TPSA) is 94.9 Å². The third-order valence-corrected chi connectivity index (χ3v) is 11.9. The van der Waals surface area contributed by atoms with E-state index in [9.17, 15) is 4.79 Å². The van der Waals surface area contributed by atoms with Crippen molar-refractivity contribution in [3.05, 3.63) is 61.4 Å². The molecule has 2 N–H and O–H groups in total. The Hall–Kier alpha value is -2.73. The van der Waals surface area contributed by atoms with E-state index in [2.05, 4.69) is 52.3 Å². The van der Waals surface area contributed by atoms with E-state index < -0.39 is 0 Å². The summed E-state index contributed by atoms with van der Waals surface area (Å²) in [5.41, 5.74) is 1.87. The minimum atomic E-state index is -0.250. The summed E-state index contributed by atoms with van der Waals surface area (Å²) in [6.07, 6.45) is 52.7. The van der Waals surface area contributed by atoms with Crippen molar-refractivity contribution in [1.29, 1.82) is 0 Å². The zero-order valence-corrected chi connectivity index (χ0v) is 44.7. The van der Waals surface area contributed by atoms with Crippen LogP contribution in [-0.4, -0.2) is 53.3 Å². The number of aldehydes is 1. The van der Waals surface area contributed by atoms with E-state index in [4.69, 9.17) is 19.8 Å². The Kier molecular flexibility index (Phi) is 74.4. The number of carboxylic acid groups (broad SMARTS) is 1. The first kappa shape index (κ1) is 71.3. The minimum Gasteiger partial charge on any atom is -0.516 e. The molecule has 0 aliphatic heterocycles. The number of hydrogen-bond acceptors (Lipinski definition) is 5. The summed E-state index contributed by atoms with van der Waals surface area (Å²) in [4.78, 5) is 30.8. The number of Topliss-reactive ketones (excluding diaryl/α,β-unsaturated/α-hetero) is 1. The number of rotatable bonds is 40. The van der Waals surface area contributed by atoms with Crippen molar-refractivity contribution in [2.24, 2.45) is 5.92 Å². The molecule has 384 valence electrons. The molecule has 0 heterocycles. The summed E-state index contributed by atoms with van der Waals surface area (Å²) in [5, 5.41) is 14.2. The molecule has 0 radical (unpaired) electrons. The lowest BCUT2D eigenvalue weighted by molar-refractivity contribution is -0.122. The molecule has 0 aliphatic rings. The largest absolute Gasteiger partial charge is 0.516 e. The molecule has 1 rings (SSSR count). The van der Waals surface area contributed by atoms with Gasteiger partial charge in [0.15, 0.2) is 5.78 Å². The Morgan fingerprint density at radius 1 is 0.523 bits per heavy atom. The van der Waals surface area contributed by atoms with E-state index in [0.29, 0.717) is 0 Å². The van der Waals surface area contributed by atoms with E-state index in [-0.39, 0.29) is 12.3 Å². The summed E-state index contributed by atoms with van der Waals surface area (Å²) in [6, 6.07) is 7.60. The van der Waals surface area contributed by atoms with Crippen LogP contribution in [0.4, 0.5) is 0 Å². The number of unbranched alkanes of at least 4 members (excludes halogenated alkanes) is 27. The zero-order valence-electron chi connectivity index (χ0n) is 44.7. The molecular formula is C59H113NO5. The lowest BCUT2D eigenvalue weighted by atomic mass is 9.89. The van der Waals surface area contributed by atoms with E-state index >= 15 is 0 Å². The van der Waals surface area contributed by atoms with Gasteiger partial charge in [0.2, 0.25) is 0 Å². The van der Waals surface area contributed by atoms with Crippen LogP contribution in [-0.2, 0) is 9.59 Å². The van der Waals surface area contributed by atoms with Crippen molar-refractivity contribution in [3.63, 3.8) is 0 Å². The first-order chi connectivity index (χ1) is 31.7. The summed E-state index contributed by atoms with van der Waals surface area (Å²) < 4.78 is 0. The van der Waals surface area contributed by atoms with Crippen LogP contribution in [0.3, 0.4) is 0 Å². The molecule has 0 spiro atoms. The van der Waals surface area contributed by atoms with Crippen LogP contribution >= 0.6 is 0 Å². The fraction of sp³-hybridized carbons (Fsp3) is 0.780. The van der Waals surface area contributed by atoms with Crippen molar-refractivity contribution < 1.29 is 24.6 Å². The number of carbonyl (C=O) groups excluding carboxylic acids is 2. The molecule has 0 atom stereocenters. The molecule has 1 aromatic carbocycles. The Balaban J connectivity index is -0.000000468. The van der Waals surface area contributed by atoms with Gasteiger partial charge in [-0.2, -0.15) is 0 Å². The standard InChI is InChI=1S/C43H89N.C9H10O.2C2H4O.C2H4.CH2O2/c1-5-9-12-15-18-19-20-21-22-23-24-25-30-35-41-44(40-8-4)42-36-31-26-29-34-39-43(37-32-27-16-13-10-6-2)38-33-28-17-14-11-7-3;1-7-5-3-4-6-9(7)8(2)10;2*1-2-3;1-2;2-1-3/h43H,5-42H2,1-4H3;3-6H,1-2H3;2H,1H3;2-3H,1H2;1-2H2;1H,(H,2,3). The van der Waals surface area contributed by atoms with Crippen LogP contribution in [0.15, 0.2) is 50.3 Å². The van der Waals surface area contributed by atoms with Gasteiger partial charge < -0.3 is 19.9 Å². The van der Waals surface area contributed by atoms with E-state index in [1.807, 2.05) is 31.2 Å². The predicted octanol–water partition coefficient (Wildman–Crippen LogP) is 19.2. The number of carbonyl (C=O) groups is 3. The number of hydrogen-bond donors (Lipinski definition) is 2. The summed E-state index contributed by atoms with van der Waals surface area (Å²) in [5.74, 6) is 1.16. The van der Waals surface area contributed by atoms with Crippen LogP contribution in [0, 0.1) is 12.8 Å². The normalized spacial score (nSPS) is 10.1. The summed E-state index contributed by atoms with van der Waals surface area (Å²) in [7, 11) is 0. The van der Waals surface area contributed by atoms with Gasteiger partial charge in [-0.05, 0) is 71.1 Å². The molecule has 0 fully saturated rings. The lowest BCUT2D eigenvalue weighted by Gasteiger charge is -2.21. The smallest absolute Gasteiger partial charge is 0.290 e. The molecule has 0 amide bonds. The Labute approximate surface area is 406 Å². The monoisotopic (exact) mass is 916 g/mol. The second-order valence-electron chi connectivity index (χ2n) is 17.9. The number of aliphatic hydroxyl groups is 1. The second-order valence-corrected chi connectivity index (χ2v) is 17.9. The highest BCUT2D eigenvalue weighted by atomic mass is 16.3. The van der Waals surface area contributed by atoms with Gasteiger partial charge >= 0.3 is 0 Å². The third kappa shape index (κ3) is 65.6. The highest BCUT2D eigenvalue weighted by Crippen LogP contribution is 2.25. The van der Waals surface area contributed by atoms with E-state index in [1.54, 1.807) is 6.92 Å². The molecule has 6 nitrogen and oxygen atoms in total. The minimum absolute atomic E-state index is 0.137. The van der Waals surface area contributed by atoms with Gasteiger partial charge in [-0.3, -0.25) is 9.59 Å². The Morgan fingerprint density at radius 2 is 0.785 bits per heavy atom. The zero-order chi connectivity index (χ0) is 49.7. The molecule has 0 saturated heterocycles. The molecule has 0 bridgehead atoms. The van der Waals surface area contributed by atoms with Crippen molar-refractivity contribution in [2.75, 3.05) is 19.6 Å². The Bertz CT molecular complexity index is 1020. The average Bonchev–Trinajstić information content (AvgIpc) is 3.29. The summed E-state index contributed by atoms with van der Waals surface area (Å²) in [6.45, 7) is 27.0. The van der Waals surface area contributed by atoms with Gasteiger partial charge in [-0.25, -0.2) is 0 Å². The van der Waals surface area contributed by atoms with Crippen molar-refractivity contribution in [3.8, 4) is 0 Å². The van der Waals surface area contributed by atoms with E-state index in [1.165, 1.54) is 251 Å². The molecule has 1 aromatic rings. The second kappa shape index (κ2) is 67.9. The maximum atomic E-state index is 10.9. The molecule has 0 saturated carbocycles. The van der Waals surface area contributed by atoms with Gasteiger partial charge in [0.05, 0.1) is 6.26 Å². The molecule has 0 aromatic heterocycles. The first-order valence-corrected chi connectivity index (χ1v) is 27.3. The molecule has 0 unspecified atom stereocenters. The number of ketones is 1. The van der Waals surface area contributed by atoms with Gasteiger partial charge in [0.1, 0.15) is 6.29 Å². The fourth-order valence-corrected chi connectivity index (χ4v) is 8.31. The van der Waals surface area contributed by atoms with Gasteiger partial charge in [0, 0.05) is 5.56 Å². The van der Waals surface area contributed by atoms with Crippen LogP contribution in [0.1, 0.15) is 282 Å². The SMILES string of the molecule is C=C.C=CO.CC(=O)c1ccccc1C.CC=O.CCCCCCCCCCCCCCCCN(CCC)CCCCCCCC(CCCCCCCC)CCCCCCCC.O=CO. The van der Waals surface area contributed by atoms with Gasteiger partial charge in [0.25, 0.3) is 6.47 Å². The van der Waals surface area contributed by atoms with Crippen LogP contribution in [0.5, 0.6) is 0 Å². The number of nitrogens with zero attached hydrogens (tertiary/aromatic N) is 1. The quantitative estimate of drug-likeness (QED) is 0.0224. The van der Waals surface area contributed by atoms with Gasteiger partial charge in [-0.15, -0.1) is 13.2 Å². The van der Waals surface area contributed by atoms with Crippen molar-refractivity contribution in [1.82, 2.24) is 4.90 Å². The summed E-state index contributed by atoms with van der Waals surface area (Å²) >= 11 is 0. The number of aryl methyl sites for hydroxylation is 1. The van der Waals surface area contributed by atoms with E-state index in [0.717, 1.165) is 29.6 Å². The molecule has 0 aliphatic carbocycles. The van der Waals surface area contributed by atoms with Crippen LogP contribution < -0.4 is 0 Å². The van der Waals surface area contributed by atoms with Crippen molar-refractivity contribution in [2.45, 2.75) is 273 Å². The number of aliphatic hydroxyl groups excluding tert-OH is 1. The molecule has 6 heteroatoms. The fourth-order valence-electron chi connectivity index (χ4n) is 8.31. The van der Waals surface area contributed by atoms with Crippen molar-refractivity contribution >= 4 is 18.5 Å². The maximum absolute atomic E-state index is 10.9. The van der Waals surface area contributed by atoms with Crippen LogP contribution in [0.2, 0.25) is 0 Å². The highest BCUT2D eigenvalue weighted by Gasteiger charge is 2.09. The first-order valence-electron chi connectivity index (χ1n) is 27.3. The average molecular weight is 917 g/mol. The maximum Gasteiger partial charge on any atom is 0.290 e. The Morgan fingerprint density at radius 3 is 1.03 bits per heavy atom. The highest BCUT2D eigenvalue weighted by molar-refractivity contribution is 5.95. The third-order valence-electron chi connectivity index (χ3n) is 11.9. The van der Waals surface area contributed by atoms with Crippen LogP contribution in [0.25, 0.3) is 0 Å². The lowest BCUT2D eigenvalue weighted by Crippen LogP contribution is -2.27. The molecular weight excluding hydrogens is 803 g/mol.